The maximum Gasteiger partial charge on any atom is 0.307 e. The smallest absolute Gasteiger partial charge is 0.307 e. The molecule has 1 heterocycles. The van der Waals surface area contributed by atoms with Gasteiger partial charge in [0, 0.05) is 27.6 Å². The van der Waals surface area contributed by atoms with Crippen LogP contribution in [0.1, 0.15) is 32.0 Å². The topological polar surface area (TPSA) is 113 Å². The van der Waals surface area contributed by atoms with Crippen LogP contribution in [0.3, 0.4) is 0 Å². The van der Waals surface area contributed by atoms with Crippen molar-refractivity contribution in [2.24, 2.45) is 5.73 Å². The summed E-state index contributed by atoms with van der Waals surface area (Å²) in [5, 5.41) is 10.0. The van der Waals surface area contributed by atoms with Crippen LogP contribution in [-0.2, 0) is 11.2 Å². The SMILES string of the molecule is NC(=O)c1ccc(-c2ccc(C(=O)c3[nH]c4ccccc4c3CC(=O)O)cc2)cc1. The van der Waals surface area contributed by atoms with Gasteiger partial charge < -0.3 is 15.8 Å². The van der Waals surface area contributed by atoms with Gasteiger partial charge in [-0.25, -0.2) is 0 Å². The fourth-order valence-corrected chi connectivity index (χ4v) is 3.51. The van der Waals surface area contributed by atoms with Crippen LogP contribution in [0.2, 0.25) is 0 Å². The van der Waals surface area contributed by atoms with Crippen LogP contribution in [0.4, 0.5) is 0 Å². The second-order valence-corrected chi connectivity index (χ2v) is 6.94. The molecule has 0 radical (unpaired) electrons. The van der Waals surface area contributed by atoms with E-state index in [2.05, 4.69) is 4.98 Å². The number of hydrogen-bond acceptors (Lipinski definition) is 3. The summed E-state index contributed by atoms with van der Waals surface area (Å²) >= 11 is 0. The minimum Gasteiger partial charge on any atom is -0.481 e. The van der Waals surface area contributed by atoms with Gasteiger partial charge in [0.15, 0.2) is 0 Å². The summed E-state index contributed by atoms with van der Waals surface area (Å²) in [6, 6.07) is 21.2. The van der Waals surface area contributed by atoms with Crippen LogP contribution in [0, 0.1) is 0 Å². The molecule has 0 fully saturated rings. The number of carbonyl (C=O) groups is 3. The second kappa shape index (κ2) is 7.67. The molecule has 0 atom stereocenters. The Labute approximate surface area is 172 Å². The molecule has 0 spiro atoms. The molecule has 4 rings (SSSR count). The van der Waals surface area contributed by atoms with Crippen molar-refractivity contribution in [1.29, 1.82) is 0 Å². The number of primary amides is 1. The first-order chi connectivity index (χ1) is 14.4. The third kappa shape index (κ3) is 3.58. The molecule has 0 unspecified atom stereocenters. The van der Waals surface area contributed by atoms with E-state index in [0.29, 0.717) is 16.7 Å². The molecule has 0 aliphatic carbocycles. The predicted molar refractivity (Wildman–Crippen MR) is 113 cm³/mol. The number of fused-ring (bicyclic) bond motifs is 1. The van der Waals surface area contributed by atoms with Crippen molar-refractivity contribution in [2.75, 3.05) is 0 Å². The number of amides is 1. The third-order valence-corrected chi connectivity index (χ3v) is 5.02. The first kappa shape index (κ1) is 19.1. The molecule has 1 amide bonds. The van der Waals surface area contributed by atoms with Crippen molar-refractivity contribution in [1.82, 2.24) is 4.98 Å². The Morgan fingerprint density at radius 2 is 1.37 bits per heavy atom. The number of nitrogens with two attached hydrogens (primary N) is 1. The Balaban J connectivity index is 1.67. The van der Waals surface area contributed by atoms with Crippen LogP contribution in [0.5, 0.6) is 0 Å². The molecule has 4 aromatic rings. The molecule has 3 aromatic carbocycles. The Kier molecular flexibility index (Phi) is 4.90. The van der Waals surface area contributed by atoms with E-state index < -0.39 is 11.9 Å². The number of benzene rings is 3. The molecule has 6 heteroatoms. The Bertz CT molecular complexity index is 1270. The van der Waals surface area contributed by atoms with E-state index in [1.807, 2.05) is 30.3 Å². The number of ketones is 1. The van der Waals surface area contributed by atoms with E-state index in [4.69, 9.17) is 5.73 Å². The maximum atomic E-state index is 13.1. The Hall–Kier alpha value is -4.19. The quantitative estimate of drug-likeness (QED) is 0.429. The van der Waals surface area contributed by atoms with Crippen molar-refractivity contribution < 1.29 is 19.5 Å². The minimum atomic E-state index is -0.997. The number of rotatable bonds is 6. The molecule has 30 heavy (non-hydrogen) atoms. The number of nitrogens with one attached hydrogen (secondary N) is 1. The molecule has 1 aromatic heterocycles. The largest absolute Gasteiger partial charge is 0.481 e. The van der Waals surface area contributed by atoms with Gasteiger partial charge in [0.2, 0.25) is 11.7 Å². The average Bonchev–Trinajstić information content (AvgIpc) is 3.11. The number of carboxylic acid groups (broad SMARTS) is 1. The summed E-state index contributed by atoms with van der Waals surface area (Å²) in [6.45, 7) is 0. The number of carbonyl (C=O) groups excluding carboxylic acids is 2. The van der Waals surface area contributed by atoms with Crippen molar-refractivity contribution in [3.8, 4) is 11.1 Å². The highest BCUT2D eigenvalue weighted by molar-refractivity contribution is 6.12. The summed E-state index contributed by atoms with van der Waals surface area (Å²) < 4.78 is 0. The fraction of sp³-hybridized carbons (Fsp3) is 0.0417. The van der Waals surface area contributed by atoms with Crippen LogP contribution >= 0.6 is 0 Å². The molecular formula is C24H18N2O4. The zero-order valence-corrected chi connectivity index (χ0v) is 15.9. The van der Waals surface area contributed by atoms with Gasteiger partial charge in [0.1, 0.15) is 0 Å². The molecule has 0 saturated heterocycles. The van der Waals surface area contributed by atoms with E-state index in [-0.39, 0.29) is 17.9 Å². The van der Waals surface area contributed by atoms with Crippen LogP contribution in [-0.4, -0.2) is 27.8 Å². The maximum absolute atomic E-state index is 13.1. The number of H-pyrrole nitrogens is 1. The van der Waals surface area contributed by atoms with Crippen molar-refractivity contribution in [3.63, 3.8) is 0 Å². The second-order valence-electron chi connectivity index (χ2n) is 6.94. The van der Waals surface area contributed by atoms with Crippen LogP contribution in [0.25, 0.3) is 22.0 Å². The zero-order valence-electron chi connectivity index (χ0n) is 15.9. The van der Waals surface area contributed by atoms with Crippen molar-refractivity contribution >= 4 is 28.6 Å². The summed E-state index contributed by atoms with van der Waals surface area (Å²) in [4.78, 5) is 38.7. The number of aromatic nitrogens is 1. The highest BCUT2D eigenvalue weighted by Gasteiger charge is 2.20. The van der Waals surface area contributed by atoms with E-state index in [1.54, 1.807) is 42.5 Å². The molecule has 0 bridgehead atoms. The summed E-state index contributed by atoms with van der Waals surface area (Å²) in [5.41, 5.74) is 9.40. The molecule has 6 nitrogen and oxygen atoms in total. The van der Waals surface area contributed by atoms with Gasteiger partial charge in [-0.05, 0) is 29.3 Å². The minimum absolute atomic E-state index is 0.241. The van der Waals surface area contributed by atoms with E-state index in [9.17, 15) is 19.5 Å². The number of aliphatic carboxylic acids is 1. The lowest BCUT2D eigenvalue weighted by Crippen LogP contribution is -2.10. The summed E-state index contributed by atoms with van der Waals surface area (Å²) in [5.74, 6) is -1.75. The molecule has 148 valence electrons. The highest BCUT2D eigenvalue weighted by atomic mass is 16.4. The van der Waals surface area contributed by atoms with Gasteiger partial charge in [0.25, 0.3) is 0 Å². The van der Waals surface area contributed by atoms with E-state index in [1.165, 1.54) is 0 Å². The van der Waals surface area contributed by atoms with E-state index >= 15 is 0 Å². The molecule has 0 aliphatic rings. The lowest BCUT2D eigenvalue weighted by molar-refractivity contribution is -0.136. The molecule has 0 aliphatic heterocycles. The molecular weight excluding hydrogens is 380 g/mol. The first-order valence-electron chi connectivity index (χ1n) is 9.30. The van der Waals surface area contributed by atoms with Gasteiger partial charge in [-0.2, -0.15) is 0 Å². The number of para-hydroxylation sites is 1. The van der Waals surface area contributed by atoms with Gasteiger partial charge in [-0.3, -0.25) is 14.4 Å². The van der Waals surface area contributed by atoms with Crippen LogP contribution < -0.4 is 5.73 Å². The van der Waals surface area contributed by atoms with Crippen molar-refractivity contribution in [2.45, 2.75) is 6.42 Å². The monoisotopic (exact) mass is 398 g/mol. The van der Waals surface area contributed by atoms with Gasteiger partial charge in [-0.1, -0.05) is 54.6 Å². The lowest BCUT2D eigenvalue weighted by atomic mass is 9.98. The molecule has 0 saturated carbocycles. The van der Waals surface area contributed by atoms with Gasteiger partial charge in [0.05, 0.1) is 12.1 Å². The number of carboxylic acids is 1. The first-order valence-corrected chi connectivity index (χ1v) is 9.30. The average molecular weight is 398 g/mol. The third-order valence-electron chi connectivity index (χ3n) is 5.02. The van der Waals surface area contributed by atoms with Gasteiger partial charge >= 0.3 is 5.97 Å². The molecule has 4 N–H and O–H groups in total. The highest BCUT2D eigenvalue weighted by Crippen LogP contribution is 2.26. The van der Waals surface area contributed by atoms with Gasteiger partial charge in [-0.15, -0.1) is 0 Å². The lowest BCUT2D eigenvalue weighted by Gasteiger charge is -2.06. The van der Waals surface area contributed by atoms with Crippen molar-refractivity contribution in [3.05, 3.63) is 95.2 Å². The van der Waals surface area contributed by atoms with Crippen LogP contribution in [0.15, 0.2) is 72.8 Å². The number of aromatic amines is 1. The number of hydrogen-bond donors (Lipinski definition) is 3. The predicted octanol–water partition coefficient (Wildman–Crippen LogP) is 3.79. The van der Waals surface area contributed by atoms with E-state index in [0.717, 1.165) is 22.0 Å². The summed E-state index contributed by atoms with van der Waals surface area (Å²) in [6.07, 6.45) is -0.241. The normalized spacial score (nSPS) is 10.8. The summed E-state index contributed by atoms with van der Waals surface area (Å²) in [7, 11) is 0. The zero-order chi connectivity index (χ0) is 21.3. The standard InChI is InChI=1S/C24H18N2O4/c25-24(30)17-11-7-15(8-12-17)14-5-9-16(10-6-14)23(29)22-19(13-21(27)28)18-3-1-2-4-20(18)26-22/h1-12,26H,13H2,(H2,25,30)(H,27,28). The Morgan fingerprint density at radius 3 is 1.93 bits per heavy atom. The fourth-order valence-electron chi connectivity index (χ4n) is 3.51. The Morgan fingerprint density at radius 1 is 0.800 bits per heavy atom.